The topological polar surface area (TPSA) is 134 Å². The number of aromatic amines is 1. The number of carbonyl (C=O) groups excluding carboxylic acids is 1. The highest BCUT2D eigenvalue weighted by molar-refractivity contribution is 6.67. The van der Waals surface area contributed by atoms with E-state index in [0.717, 1.165) is 27.8 Å². The molecule has 0 radical (unpaired) electrons. The summed E-state index contributed by atoms with van der Waals surface area (Å²) in [6, 6.07) is 40.7. The van der Waals surface area contributed by atoms with Gasteiger partial charge >= 0.3 is 0 Å². The Bertz CT molecular complexity index is 2040. The van der Waals surface area contributed by atoms with E-state index in [1.54, 1.807) is 12.1 Å². The van der Waals surface area contributed by atoms with E-state index in [4.69, 9.17) is 21.3 Å². The van der Waals surface area contributed by atoms with Crippen molar-refractivity contribution in [3.63, 3.8) is 0 Å². The fraction of sp³-hybridized carbons (Fsp3) is 0.125. The number of carbonyl (C=O) groups is 1. The van der Waals surface area contributed by atoms with Gasteiger partial charge < -0.3 is 4.42 Å². The van der Waals surface area contributed by atoms with Gasteiger partial charge in [0.1, 0.15) is 0 Å². The SMILES string of the molecule is Cc1ccc(-c2nn[nH]n2)cc1.Cc1ccc(-c2nnc(-c3ccc(C)cc3)o2)cc1.Cc1ccc(C#N)cc1.Cc1ccc(C(=O)Cl)cc1. The lowest BCUT2D eigenvalue weighted by Crippen LogP contribution is -1.86. The van der Waals surface area contributed by atoms with E-state index >= 15 is 0 Å². The summed E-state index contributed by atoms with van der Waals surface area (Å²) in [6.45, 7) is 10.1. The predicted molar refractivity (Wildman–Crippen MR) is 196 cm³/mol. The van der Waals surface area contributed by atoms with E-state index in [1.807, 2.05) is 130 Å². The second kappa shape index (κ2) is 18.3. The van der Waals surface area contributed by atoms with Gasteiger partial charge in [0, 0.05) is 22.3 Å². The molecule has 2 aromatic heterocycles. The van der Waals surface area contributed by atoms with Gasteiger partial charge in [0.25, 0.3) is 5.24 Å². The van der Waals surface area contributed by atoms with Gasteiger partial charge in [0.15, 0.2) is 0 Å². The lowest BCUT2D eigenvalue weighted by Gasteiger charge is -1.96. The van der Waals surface area contributed by atoms with Crippen molar-refractivity contribution in [3.8, 4) is 40.4 Å². The first-order chi connectivity index (χ1) is 24.1. The monoisotopic (exact) mass is 681 g/mol. The second-order valence-electron chi connectivity index (χ2n) is 11.4. The Balaban J connectivity index is 0.000000158. The molecule has 250 valence electrons. The molecule has 0 aliphatic heterocycles. The van der Waals surface area contributed by atoms with E-state index < -0.39 is 5.24 Å². The number of hydrogen-bond donors (Lipinski definition) is 1. The zero-order chi connectivity index (χ0) is 35.9. The molecule has 0 atom stereocenters. The van der Waals surface area contributed by atoms with Crippen LogP contribution in [0.3, 0.4) is 0 Å². The van der Waals surface area contributed by atoms with Crippen LogP contribution in [0.4, 0.5) is 0 Å². The lowest BCUT2D eigenvalue weighted by atomic mass is 10.1. The Kier molecular flexibility index (Phi) is 13.4. The van der Waals surface area contributed by atoms with Crippen molar-refractivity contribution in [2.24, 2.45) is 0 Å². The Morgan fingerprint density at radius 3 is 1.32 bits per heavy atom. The van der Waals surface area contributed by atoms with Crippen molar-refractivity contribution >= 4 is 16.8 Å². The van der Waals surface area contributed by atoms with Crippen molar-refractivity contribution in [3.05, 3.63) is 160 Å². The molecule has 1 N–H and O–H groups in total. The van der Waals surface area contributed by atoms with Crippen LogP contribution in [-0.2, 0) is 0 Å². The van der Waals surface area contributed by atoms with E-state index in [-0.39, 0.29) is 0 Å². The summed E-state index contributed by atoms with van der Waals surface area (Å²) in [7, 11) is 0. The summed E-state index contributed by atoms with van der Waals surface area (Å²) in [5.74, 6) is 1.74. The molecule has 0 unspecified atom stereocenters. The summed E-state index contributed by atoms with van der Waals surface area (Å²) in [6.07, 6.45) is 0. The summed E-state index contributed by atoms with van der Waals surface area (Å²) in [5.41, 5.74) is 10.1. The zero-order valence-electron chi connectivity index (χ0n) is 28.4. The fourth-order valence-corrected chi connectivity index (χ4v) is 4.27. The molecule has 0 amide bonds. The van der Waals surface area contributed by atoms with Gasteiger partial charge in [-0.2, -0.15) is 10.5 Å². The third-order valence-corrected chi connectivity index (χ3v) is 7.35. The molecular weight excluding hydrogens is 646 g/mol. The normalized spacial score (nSPS) is 9.86. The number of benzene rings is 5. The van der Waals surface area contributed by atoms with E-state index in [0.29, 0.717) is 23.2 Å². The Morgan fingerprint density at radius 2 is 0.960 bits per heavy atom. The summed E-state index contributed by atoms with van der Waals surface area (Å²) in [5, 5.41) is 29.8. The minimum atomic E-state index is -0.403. The first kappa shape index (κ1) is 36.6. The lowest BCUT2D eigenvalue weighted by molar-refractivity contribution is 0.108. The molecule has 10 heteroatoms. The molecule has 2 heterocycles. The van der Waals surface area contributed by atoms with E-state index in [2.05, 4.69) is 50.7 Å². The smallest absolute Gasteiger partial charge is 0.252 e. The van der Waals surface area contributed by atoms with Gasteiger partial charge in [-0.3, -0.25) is 4.79 Å². The Morgan fingerprint density at radius 1 is 0.580 bits per heavy atom. The highest BCUT2D eigenvalue weighted by atomic mass is 35.5. The molecule has 0 aliphatic rings. The molecule has 9 nitrogen and oxygen atoms in total. The molecule has 5 aromatic carbocycles. The summed E-state index contributed by atoms with van der Waals surface area (Å²) < 4.78 is 5.71. The number of halogens is 1. The highest BCUT2D eigenvalue weighted by Crippen LogP contribution is 2.24. The van der Waals surface area contributed by atoms with Gasteiger partial charge in [-0.15, -0.1) is 20.4 Å². The van der Waals surface area contributed by atoms with Crippen molar-refractivity contribution in [2.75, 3.05) is 0 Å². The number of tetrazole rings is 1. The maximum atomic E-state index is 10.5. The molecule has 0 aliphatic carbocycles. The summed E-state index contributed by atoms with van der Waals surface area (Å²) in [4.78, 5) is 10.5. The largest absolute Gasteiger partial charge is 0.416 e. The van der Waals surface area contributed by atoms with Gasteiger partial charge in [-0.1, -0.05) is 101 Å². The van der Waals surface area contributed by atoms with Crippen LogP contribution in [-0.4, -0.2) is 36.1 Å². The third-order valence-electron chi connectivity index (χ3n) is 7.14. The molecule has 50 heavy (non-hydrogen) atoms. The average molecular weight is 682 g/mol. The first-order valence-electron chi connectivity index (χ1n) is 15.6. The summed E-state index contributed by atoms with van der Waals surface area (Å²) >= 11 is 5.22. The predicted octanol–water partition coefficient (Wildman–Crippen LogP) is 9.44. The number of nitriles is 1. The van der Waals surface area contributed by atoms with Crippen LogP contribution in [0.25, 0.3) is 34.3 Å². The zero-order valence-corrected chi connectivity index (χ0v) is 29.2. The standard InChI is InChI=1S/C16H14N2O.C8H7ClO.C8H8N4.C8H7N/c1-11-3-7-13(8-4-11)15-17-18-16(19-15)14-9-5-12(2)6-10-14;1-6-2-4-7(5-3-6)8(9)10;1-6-2-4-7(5-3-6)8-9-11-12-10-8;1-7-2-4-8(6-9)5-3-7/h3-10H,1-2H3;2-5H,1H3;2-5H,1H3,(H,9,10,11,12);2-5H,1H3. The second-order valence-corrected chi connectivity index (χ2v) is 11.7. The van der Waals surface area contributed by atoms with Crippen molar-refractivity contribution in [2.45, 2.75) is 34.6 Å². The van der Waals surface area contributed by atoms with Gasteiger partial charge in [-0.25, -0.2) is 0 Å². The minimum absolute atomic E-state index is 0.403. The molecule has 0 saturated heterocycles. The van der Waals surface area contributed by atoms with Crippen LogP contribution in [0.2, 0.25) is 0 Å². The maximum Gasteiger partial charge on any atom is 0.252 e. The minimum Gasteiger partial charge on any atom is -0.416 e. The number of H-pyrrole nitrogens is 1. The van der Waals surface area contributed by atoms with Crippen LogP contribution >= 0.6 is 11.6 Å². The van der Waals surface area contributed by atoms with Crippen molar-refractivity contribution in [1.29, 1.82) is 5.26 Å². The van der Waals surface area contributed by atoms with Crippen LogP contribution in [0.5, 0.6) is 0 Å². The highest BCUT2D eigenvalue weighted by Gasteiger charge is 2.10. The average Bonchev–Trinajstić information content (AvgIpc) is 3.85. The number of aryl methyl sites for hydroxylation is 5. The molecule has 0 fully saturated rings. The Hall–Kier alpha value is -6.24. The van der Waals surface area contributed by atoms with Crippen molar-refractivity contribution < 1.29 is 9.21 Å². The first-order valence-corrected chi connectivity index (χ1v) is 16.0. The van der Waals surface area contributed by atoms with Crippen LogP contribution in [0.1, 0.15) is 43.7 Å². The quantitative estimate of drug-likeness (QED) is 0.182. The fourth-order valence-electron chi connectivity index (χ4n) is 4.15. The van der Waals surface area contributed by atoms with E-state index in [1.165, 1.54) is 22.3 Å². The maximum absolute atomic E-state index is 10.5. The Labute approximate surface area is 296 Å². The molecule has 0 bridgehead atoms. The van der Waals surface area contributed by atoms with Crippen LogP contribution in [0, 0.1) is 45.9 Å². The van der Waals surface area contributed by atoms with Gasteiger partial charge in [0.2, 0.25) is 17.6 Å². The van der Waals surface area contributed by atoms with E-state index in [9.17, 15) is 4.79 Å². The van der Waals surface area contributed by atoms with Crippen molar-refractivity contribution in [1.82, 2.24) is 30.8 Å². The number of rotatable bonds is 4. The molecule has 7 aromatic rings. The van der Waals surface area contributed by atoms with Crippen LogP contribution in [0.15, 0.2) is 126 Å². The molecule has 0 saturated carbocycles. The molecule has 0 spiro atoms. The number of nitrogens with one attached hydrogen (secondary N) is 1. The van der Waals surface area contributed by atoms with Crippen LogP contribution < -0.4 is 0 Å². The number of nitrogens with zero attached hydrogens (tertiary/aromatic N) is 6. The third kappa shape index (κ3) is 11.5. The molecular formula is C40H36ClN7O2. The number of aromatic nitrogens is 6. The van der Waals surface area contributed by atoms with Gasteiger partial charge in [-0.05, 0) is 100.0 Å². The number of hydrogen-bond acceptors (Lipinski definition) is 8. The molecule has 7 rings (SSSR count). The van der Waals surface area contributed by atoms with Gasteiger partial charge in [0.05, 0.1) is 11.6 Å².